The minimum Gasteiger partial charge on any atom is -0.497 e. The highest BCUT2D eigenvalue weighted by molar-refractivity contribution is 6.30. The van der Waals surface area contributed by atoms with Crippen LogP contribution in [0.25, 0.3) is 6.08 Å². The van der Waals surface area contributed by atoms with Crippen molar-refractivity contribution in [3.05, 3.63) is 164 Å². The zero-order valence-corrected chi connectivity index (χ0v) is 29.5. The molecule has 7 rings (SSSR count). The number of ether oxygens (including phenoxy) is 2. The van der Waals surface area contributed by atoms with Gasteiger partial charge in [-0.1, -0.05) is 53.5 Å². The van der Waals surface area contributed by atoms with Gasteiger partial charge in [-0.25, -0.2) is 4.79 Å². The lowest BCUT2D eigenvalue weighted by Crippen LogP contribution is -2.71. The van der Waals surface area contributed by atoms with Gasteiger partial charge in [-0.05, 0) is 95.6 Å². The number of nitro benzene ring substituents is 1. The molecule has 0 aliphatic carbocycles. The monoisotopic (exact) mass is 752 g/mol. The van der Waals surface area contributed by atoms with Crippen molar-refractivity contribution < 1.29 is 33.2 Å². The minimum atomic E-state index is -1.23. The largest absolute Gasteiger partial charge is 0.497 e. The second-order valence-corrected chi connectivity index (χ2v) is 13.1. The van der Waals surface area contributed by atoms with Crippen LogP contribution in [-0.2, 0) is 20.9 Å². The Morgan fingerprint density at radius 1 is 0.868 bits per heavy atom. The summed E-state index contributed by atoms with van der Waals surface area (Å²) >= 11 is 12.5. The van der Waals surface area contributed by atoms with Gasteiger partial charge in [-0.15, -0.1) is 0 Å². The second kappa shape index (κ2) is 14.9. The lowest BCUT2D eigenvalue weighted by molar-refractivity contribution is -0.384. The van der Waals surface area contributed by atoms with E-state index >= 15 is 0 Å². The van der Waals surface area contributed by atoms with Gasteiger partial charge in [0.15, 0.2) is 0 Å². The van der Waals surface area contributed by atoms with Crippen LogP contribution < -0.4 is 9.64 Å². The van der Waals surface area contributed by atoms with Crippen molar-refractivity contribution in [3.63, 3.8) is 0 Å². The van der Waals surface area contributed by atoms with E-state index in [9.17, 15) is 24.5 Å². The third-order valence-corrected chi connectivity index (χ3v) is 9.63. The van der Waals surface area contributed by atoms with Crippen molar-refractivity contribution in [1.82, 2.24) is 9.80 Å². The summed E-state index contributed by atoms with van der Waals surface area (Å²) in [4.78, 5) is 58.7. The van der Waals surface area contributed by atoms with E-state index in [0.29, 0.717) is 43.9 Å². The summed E-state index contributed by atoms with van der Waals surface area (Å²) < 4.78 is 16.7. The fraction of sp³-hybridized carbons (Fsp3) is 0.154. The van der Waals surface area contributed by atoms with Crippen molar-refractivity contribution in [3.8, 4) is 5.75 Å². The number of non-ortho nitro benzene ring substituents is 1. The molecule has 2 fully saturated rings. The molecular formula is C39H30Cl2N4O8. The van der Waals surface area contributed by atoms with Gasteiger partial charge in [-0.2, -0.15) is 0 Å². The van der Waals surface area contributed by atoms with Crippen LogP contribution in [-0.4, -0.2) is 51.8 Å². The molecule has 0 radical (unpaired) electrons. The number of nitrogens with zero attached hydrogens (tertiary/aromatic N) is 4. The van der Waals surface area contributed by atoms with E-state index in [1.807, 2.05) is 0 Å². The minimum absolute atomic E-state index is 0.115. The highest BCUT2D eigenvalue weighted by atomic mass is 35.5. The molecule has 12 nitrogen and oxygen atoms in total. The zero-order valence-electron chi connectivity index (χ0n) is 28.0. The third kappa shape index (κ3) is 6.94. The van der Waals surface area contributed by atoms with Crippen LogP contribution in [0.4, 0.5) is 16.2 Å². The molecule has 3 heterocycles. The summed E-state index contributed by atoms with van der Waals surface area (Å²) in [6.45, 7) is -0.246. The molecule has 4 unspecified atom stereocenters. The quantitative estimate of drug-likeness (QED) is 0.0791. The fourth-order valence-corrected chi connectivity index (χ4v) is 6.83. The molecule has 4 atom stereocenters. The number of methoxy groups -OCH3 is 1. The summed E-state index contributed by atoms with van der Waals surface area (Å²) in [5.74, 6) is 0.235. The fourth-order valence-electron chi connectivity index (χ4n) is 6.58. The van der Waals surface area contributed by atoms with Crippen molar-refractivity contribution in [1.29, 1.82) is 0 Å². The molecule has 0 spiro atoms. The highest BCUT2D eigenvalue weighted by Crippen LogP contribution is 2.48. The van der Waals surface area contributed by atoms with Gasteiger partial charge < -0.3 is 23.7 Å². The van der Waals surface area contributed by atoms with E-state index in [2.05, 4.69) is 0 Å². The lowest BCUT2D eigenvalue weighted by atomic mass is 9.90. The van der Waals surface area contributed by atoms with Gasteiger partial charge in [-0.3, -0.25) is 24.6 Å². The summed E-state index contributed by atoms with van der Waals surface area (Å²) in [6, 6.07) is 26.2. The second-order valence-electron chi connectivity index (χ2n) is 12.2. The number of rotatable bonds is 10. The van der Waals surface area contributed by atoms with Crippen molar-refractivity contribution in [2.24, 2.45) is 0 Å². The number of carbonyl (C=O) groups excluding carboxylic acids is 3. The topological polar surface area (TPSA) is 136 Å². The molecule has 5 aromatic rings. The van der Waals surface area contributed by atoms with Gasteiger partial charge in [0.1, 0.15) is 36.4 Å². The predicted molar refractivity (Wildman–Crippen MR) is 196 cm³/mol. The molecule has 0 N–H and O–H groups in total. The van der Waals surface area contributed by atoms with Gasteiger partial charge in [0.25, 0.3) is 17.5 Å². The van der Waals surface area contributed by atoms with Crippen LogP contribution in [0.2, 0.25) is 10.0 Å². The number of hydrogen-bond acceptors (Lipinski definition) is 8. The first-order valence-corrected chi connectivity index (χ1v) is 17.1. The molecule has 268 valence electrons. The smallest absolute Gasteiger partial charge is 0.413 e. The Hall–Kier alpha value is -6.11. The molecule has 0 bridgehead atoms. The molecule has 1 aromatic heterocycles. The van der Waals surface area contributed by atoms with Crippen molar-refractivity contribution in [2.75, 3.05) is 12.0 Å². The number of furan rings is 1. The standard InChI is InChI=1S/C39H30Cl2N4O8/c1-51-31-18-16-29(17-19-31)42-33(21-20-32-3-2-22-52-32)35(38(42)47)43-36(26-8-12-28(41)13-9-26)44(34(37(43)46)25-6-10-27(40)11-7-25)39(48)53-23-24-4-14-30(15-5-24)45(49)50/h2-22,33-36H,23H2,1H3. The Labute approximate surface area is 313 Å². The number of benzene rings is 4. The number of anilines is 1. The molecule has 0 saturated carbocycles. The lowest BCUT2D eigenvalue weighted by Gasteiger charge is -2.50. The number of hydrogen-bond donors (Lipinski definition) is 0. The Bertz CT molecular complexity index is 2160. The Balaban J connectivity index is 1.32. The number of nitro groups is 1. The van der Waals surface area contributed by atoms with Crippen molar-refractivity contribution >= 4 is 58.6 Å². The number of carbonyl (C=O) groups is 3. The van der Waals surface area contributed by atoms with Crippen LogP contribution in [0.3, 0.4) is 0 Å². The molecule has 2 aliphatic heterocycles. The number of amides is 3. The average molecular weight is 754 g/mol. The molecule has 14 heteroatoms. The summed E-state index contributed by atoms with van der Waals surface area (Å²) in [7, 11) is 1.55. The van der Waals surface area contributed by atoms with Crippen LogP contribution in [0, 0.1) is 10.1 Å². The number of halogens is 2. The molecule has 53 heavy (non-hydrogen) atoms. The van der Waals surface area contributed by atoms with Gasteiger partial charge in [0, 0.05) is 27.9 Å². The maximum absolute atomic E-state index is 14.9. The average Bonchev–Trinajstić information content (AvgIpc) is 3.79. The maximum Gasteiger partial charge on any atom is 0.413 e. The normalized spacial score (nSPS) is 19.8. The first kappa shape index (κ1) is 35.3. The SMILES string of the molecule is COc1ccc(N2C(=O)C(N3C(=O)C(c4ccc(Cl)cc4)N(C(=O)OCc4ccc([N+](=O)[O-])cc4)C3c3ccc(Cl)cc3)C2C=Cc2ccco2)cc1. The Kier molecular flexibility index (Phi) is 9.90. The van der Waals surface area contributed by atoms with Crippen LogP contribution in [0.15, 0.2) is 126 Å². The van der Waals surface area contributed by atoms with Gasteiger partial charge >= 0.3 is 6.09 Å². The summed E-state index contributed by atoms with van der Waals surface area (Å²) in [6.07, 6.45) is 3.05. The molecule has 2 aliphatic rings. The molecular weight excluding hydrogens is 723 g/mol. The van der Waals surface area contributed by atoms with Gasteiger partial charge in [0.05, 0.1) is 24.3 Å². The van der Waals surface area contributed by atoms with E-state index in [1.165, 1.54) is 40.3 Å². The van der Waals surface area contributed by atoms with E-state index in [4.69, 9.17) is 37.1 Å². The summed E-state index contributed by atoms with van der Waals surface area (Å²) in [5, 5.41) is 12.0. The highest BCUT2D eigenvalue weighted by Gasteiger charge is 2.60. The molecule has 3 amide bonds. The Morgan fingerprint density at radius 3 is 2.09 bits per heavy atom. The first-order chi connectivity index (χ1) is 25.6. The van der Waals surface area contributed by atoms with E-state index in [0.717, 1.165) is 0 Å². The zero-order chi connectivity index (χ0) is 37.2. The Morgan fingerprint density at radius 2 is 1.51 bits per heavy atom. The van der Waals surface area contributed by atoms with Crippen LogP contribution in [0.1, 0.15) is 34.7 Å². The number of β-lactam (4-membered cyclic amide) rings is 1. The van der Waals surface area contributed by atoms with E-state index < -0.39 is 41.2 Å². The van der Waals surface area contributed by atoms with Crippen LogP contribution >= 0.6 is 23.2 Å². The van der Waals surface area contributed by atoms with Crippen LogP contribution in [0.5, 0.6) is 5.75 Å². The first-order valence-electron chi connectivity index (χ1n) is 16.3. The predicted octanol–water partition coefficient (Wildman–Crippen LogP) is 8.22. The maximum atomic E-state index is 14.9. The molecule has 4 aromatic carbocycles. The summed E-state index contributed by atoms with van der Waals surface area (Å²) in [5.41, 5.74) is 1.89. The van der Waals surface area contributed by atoms with E-state index in [-0.39, 0.29) is 18.2 Å². The molecule has 2 saturated heterocycles. The van der Waals surface area contributed by atoms with Crippen molar-refractivity contribution in [2.45, 2.75) is 30.9 Å². The third-order valence-electron chi connectivity index (χ3n) is 9.13. The van der Waals surface area contributed by atoms with Gasteiger partial charge in [0.2, 0.25) is 0 Å². The van der Waals surface area contributed by atoms with E-state index in [1.54, 1.807) is 109 Å².